The topological polar surface area (TPSA) is 185 Å². The molecule has 6 N–H and O–H groups in total. The first kappa shape index (κ1) is 26.1. The van der Waals surface area contributed by atoms with E-state index in [9.17, 15) is 34.2 Å². The number of aromatic hydroxyl groups is 2. The number of nitrogens with one attached hydrogen (secondary N) is 2. The Morgan fingerprint density at radius 2 is 1.68 bits per heavy atom. The molecular formula is C27H25N3O8. The molecule has 1 heterocycles. The first-order chi connectivity index (χ1) is 17.8. The molecule has 0 bridgehead atoms. The van der Waals surface area contributed by atoms with Crippen LogP contribution >= 0.6 is 0 Å². The summed E-state index contributed by atoms with van der Waals surface area (Å²) in [7, 11) is 0. The van der Waals surface area contributed by atoms with Crippen molar-refractivity contribution >= 4 is 34.9 Å². The standard InChI is InChI=1S/C27H25N3O8/c1-11-22(34)20(13(3)31)24-21(23(11)35)27(4)17(38-24)9-16(32)19(25(27)36)12(2)29-10-18(33)30-15-7-5-14(6-8-15)26(28)37/h5-9,29,34-35H,10H2,1-4H3,(H2,28,37)(H,30,33). The van der Waals surface area contributed by atoms with Crippen molar-refractivity contribution in [1.29, 1.82) is 0 Å². The maximum Gasteiger partial charge on any atom is 0.248 e. The van der Waals surface area contributed by atoms with Crippen LogP contribution in [0.5, 0.6) is 17.2 Å². The number of amides is 2. The number of phenolic OH excluding ortho intramolecular Hbond substituents is 2. The molecule has 2 aliphatic rings. The zero-order chi connectivity index (χ0) is 28.1. The number of hydrogen-bond donors (Lipinski definition) is 5. The Balaban J connectivity index is 1.64. The van der Waals surface area contributed by atoms with E-state index in [4.69, 9.17) is 10.5 Å². The Morgan fingerprint density at radius 1 is 1.05 bits per heavy atom. The van der Waals surface area contributed by atoms with Gasteiger partial charge in [0.05, 0.1) is 17.7 Å². The second-order valence-electron chi connectivity index (χ2n) is 9.23. The van der Waals surface area contributed by atoms with Crippen LogP contribution in [0.25, 0.3) is 0 Å². The van der Waals surface area contributed by atoms with Crippen molar-refractivity contribution in [1.82, 2.24) is 5.32 Å². The lowest BCUT2D eigenvalue weighted by atomic mass is 9.70. The zero-order valence-corrected chi connectivity index (χ0v) is 21.0. The largest absolute Gasteiger partial charge is 0.507 e. The monoisotopic (exact) mass is 519 g/mol. The van der Waals surface area contributed by atoms with Crippen LogP contribution in [0.2, 0.25) is 0 Å². The average molecular weight is 520 g/mol. The Morgan fingerprint density at radius 3 is 2.26 bits per heavy atom. The van der Waals surface area contributed by atoms with Gasteiger partial charge in [-0.25, -0.2) is 0 Å². The lowest BCUT2D eigenvalue weighted by molar-refractivity contribution is -0.124. The van der Waals surface area contributed by atoms with Crippen LogP contribution in [-0.4, -0.2) is 45.9 Å². The van der Waals surface area contributed by atoms with Crippen molar-refractivity contribution < 1.29 is 38.9 Å². The summed E-state index contributed by atoms with van der Waals surface area (Å²) >= 11 is 0. The quantitative estimate of drug-likeness (QED) is 0.216. The summed E-state index contributed by atoms with van der Waals surface area (Å²) in [5.74, 6) is -4.20. The van der Waals surface area contributed by atoms with Crippen LogP contribution in [0, 0.1) is 6.92 Å². The van der Waals surface area contributed by atoms with E-state index in [1.54, 1.807) is 0 Å². The van der Waals surface area contributed by atoms with Gasteiger partial charge in [0.15, 0.2) is 17.3 Å². The van der Waals surface area contributed by atoms with Gasteiger partial charge in [0, 0.05) is 28.6 Å². The molecule has 0 aromatic heterocycles. The summed E-state index contributed by atoms with van der Waals surface area (Å²) < 4.78 is 5.72. The molecule has 0 radical (unpaired) electrons. The molecule has 4 rings (SSSR count). The molecule has 0 saturated carbocycles. The van der Waals surface area contributed by atoms with E-state index in [0.29, 0.717) is 5.69 Å². The van der Waals surface area contributed by atoms with Crippen molar-refractivity contribution in [3.63, 3.8) is 0 Å². The molecule has 1 atom stereocenters. The van der Waals surface area contributed by atoms with E-state index < -0.39 is 46.1 Å². The van der Waals surface area contributed by atoms with E-state index in [2.05, 4.69) is 10.6 Å². The predicted molar refractivity (Wildman–Crippen MR) is 135 cm³/mol. The molecule has 11 heteroatoms. The van der Waals surface area contributed by atoms with Gasteiger partial charge in [-0.05, 0) is 52.0 Å². The molecule has 1 aliphatic carbocycles. The number of carbonyl (C=O) groups is 5. The van der Waals surface area contributed by atoms with Crippen LogP contribution in [0.15, 0.2) is 47.4 Å². The zero-order valence-electron chi connectivity index (χ0n) is 21.0. The minimum absolute atomic E-state index is 0.00867. The summed E-state index contributed by atoms with van der Waals surface area (Å²) in [5.41, 5.74) is 3.87. The Kier molecular flexibility index (Phi) is 6.32. The highest BCUT2D eigenvalue weighted by atomic mass is 16.5. The third-order valence-electron chi connectivity index (χ3n) is 6.73. The van der Waals surface area contributed by atoms with Crippen LogP contribution in [0.3, 0.4) is 0 Å². The van der Waals surface area contributed by atoms with Crippen LogP contribution in [0.4, 0.5) is 5.69 Å². The third kappa shape index (κ3) is 3.97. The first-order valence-electron chi connectivity index (χ1n) is 11.5. The lowest BCUT2D eigenvalue weighted by Crippen LogP contribution is -2.41. The molecule has 2 aromatic carbocycles. The molecule has 2 amide bonds. The number of allylic oxidation sites excluding steroid dienone is 4. The molecular weight excluding hydrogens is 494 g/mol. The Bertz CT molecular complexity index is 1520. The molecule has 0 saturated heterocycles. The van der Waals surface area contributed by atoms with Gasteiger partial charge >= 0.3 is 0 Å². The number of fused-ring (bicyclic) bond motifs is 3. The van der Waals surface area contributed by atoms with Gasteiger partial charge in [-0.15, -0.1) is 0 Å². The summed E-state index contributed by atoms with van der Waals surface area (Å²) in [5, 5.41) is 26.7. The van der Waals surface area contributed by atoms with Gasteiger partial charge in [-0.1, -0.05) is 0 Å². The fourth-order valence-electron chi connectivity index (χ4n) is 4.59. The van der Waals surface area contributed by atoms with Crippen LogP contribution in [0.1, 0.15) is 52.6 Å². The lowest BCUT2D eigenvalue weighted by Gasteiger charge is -2.29. The summed E-state index contributed by atoms with van der Waals surface area (Å²) in [4.78, 5) is 62.6. The molecule has 1 aliphatic heterocycles. The van der Waals surface area contributed by atoms with Crippen LogP contribution in [-0.2, 0) is 19.8 Å². The fourth-order valence-corrected chi connectivity index (χ4v) is 4.59. The molecule has 2 aromatic rings. The number of rotatable bonds is 6. The highest BCUT2D eigenvalue weighted by molar-refractivity contribution is 6.31. The maximum absolute atomic E-state index is 13.8. The van der Waals surface area contributed by atoms with Gasteiger partial charge in [-0.3, -0.25) is 24.0 Å². The van der Waals surface area contributed by atoms with Crippen molar-refractivity contribution in [2.24, 2.45) is 5.73 Å². The summed E-state index contributed by atoms with van der Waals surface area (Å²) in [6.07, 6.45) is 1.10. The number of benzene rings is 2. The Labute approximate surface area is 217 Å². The maximum atomic E-state index is 13.8. The smallest absolute Gasteiger partial charge is 0.248 e. The minimum atomic E-state index is -1.65. The number of phenols is 2. The van der Waals surface area contributed by atoms with Gasteiger partial charge in [0.25, 0.3) is 0 Å². The number of ketones is 3. The average Bonchev–Trinajstić information content (AvgIpc) is 3.14. The number of carbonyl (C=O) groups excluding carboxylic acids is 5. The highest BCUT2D eigenvalue weighted by Gasteiger charge is 2.56. The molecule has 196 valence electrons. The van der Waals surface area contributed by atoms with Gasteiger partial charge < -0.3 is 31.3 Å². The number of ether oxygens (including phenoxy) is 1. The Hall–Kier alpha value is -4.93. The summed E-state index contributed by atoms with van der Waals surface area (Å²) in [6, 6.07) is 5.92. The van der Waals surface area contributed by atoms with E-state index in [0.717, 1.165) is 6.08 Å². The molecule has 38 heavy (non-hydrogen) atoms. The molecule has 0 fully saturated rings. The first-order valence-corrected chi connectivity index (χ1v) is 11.5. The predicted octanol–water partition coefficient (Wildman–Crippen LogP) is 1.90. The minimum Gasteiger partial charge on any atom is -0.507 e. The molecule has 11 nitrogen and oxygen atoms in total. The number of anilines is 1. The highest BCUT2D eigenvalue weighted by Crippen LogP contribution is 2.57. The van der Waals surface area contributed by atoms with Gasteiger partial charge in [-0.2, -0.15) is 0 Å². The van der Waals surface area contributed by atoms with E-state index in [1.807, 2.05) is 0 Å². The fraction of sp³-hybridized carbons (Fsp3) is 0.222. The van der Waals surface area contributed by atoms with Crippen molar-refractivity contribution in [2.75, 3.05) is 11.9 Å². The normalized spacial score (nSPS) is 19.1. The second kappa shape index (κ2) is 9.18. The molecule has 0 spiro atoms. The number of primary amides is 1. The van der Waals surface area contributed by atoms with E-state index in [1.165, 1.54) is 52.0 Å². The van der Waals surface area contributed by atoms with Gasteiger partial charge in [0.2, 0.25) is 11.8 Å². The van der Waals surface area contributed by atoms with E-state index >= 15 is 0 Å². The molecule has 1 unspecified atom stereocenters. The van der Waals surface area contributed by atoms with E-state index in [-0.39, 0.29) is 51.6 Å². The SMILES string of the molecule is CC(=O)c1c(O)c(C)c(O)c2c1OC1=CC(=O)C(=C(C)NCC(=O)Nc3ccc(C(N)=O)cc3)C(=O)C12C. The number of Topliss-reactive ketones (excluding diaryl/α,β-unsaturated/α-hetero) is 2. The third-order valence-corrected chi connectivity index (χ3v) is 6.73. The van der Waals surface area contributed by atoms with Crippen molar-refractivity contribution in [2.45, 2.75) is 33.1 Å². The van der Waals surface area contributed by atoms with Crippen LogP contribution < -0.4 is 21.1 Å². The van der Waals surface area contributed by atoms with Gasteiger partial charge in [0.1, 0.15) is 34.0 Å². The second-order valence-corrected chi connectivity index (χ2v) is 9.23. The van der Waals surface area contributed by atoms with Crippen molar-refractivity contribution in [3.8, 4) is 17.2 Å². The number of hydrogen-bond acceptors (Lipinski definition) is 9. The summed E-state index contributed by atoms with van der Waals surface area (Å²) in [6.45, 7) is 5.22. The van der Waals surface area contributed by atoms with Crippen molar-refractivity contribution in [3.05, 3.63) is 69.6 Å². The number of nitrogens with two attached hydrogens (primary N) is 1.